The molecule has 0 radical (unpaired) electrons. The maximum absolute atomic E-state index is 13.7. The van der Waals surface area contributed by atoms with Gasteiger partial charge in [0, 0.05) is 5.56 Å². The van der Waals surface area contributed by atoms with E-state index in [9.17, 15) is 18.9 Å². The number of rotatable bonds is 3. The summed E-state index contributed by atoms with van der Waals surface area (Å²) < 4.78 is 32.5. The summed E-state index contributed by atoms with van der Waals surface area (Å²) in [6.45, 7) is -1.42. The Labute approximate surface area is 106 Å². The van der Waals surface area contributed by atoms with Crippen LogP contribution in [-0.2, 0) is 0 Å². The first kappa shape index (κ1) is 13.6. The largest absolute Gasteiger partial charge is 0.424 e. The van der Waals surface area contributed by atoms with Crippen molar-refractivity contribution in [1.29, 1.82) is 0 Å². The summed E-state index contributed by atoms with van der Waals surface area (Å²) in [6.07, 6.45) is -0.718. The number of hydrogen-bond donors (Lipinski definition) is 2. The van der Waals surface area contributed by atoms with Gasteiger partial charge in [-0.1, -0.05) is 18.2 Å². The average Bonchev–Trinajstić information content (AvgIpc) is 2.37. The Balaban J connectivity index is 2.51. The Kier molecular flexibility index (Phi) is 3.15. The van der Waals surface area contributed by atoms with Gasteiger partial charge in [-0.3, -0.25) is 10.1 Å². The summed E-state index contributed by atoms with van der Waals surface area (Å²) in [5.74, 6) is -7.57. The molecule has 0 bridgehead atoms. The van der Waals surface area contributed by atoms with Crippen molar-refractivity contribution in [3.8, 4) is 5.75 Å². The number of nitro groups is 1. The highest BCUT2D eigenvalue weighted by Crippen LogP contribution is 2.46. The molecule has 0 saturated heterocycles. The molecule has 104 valence electrons. The molecule has 8 heteroatoms. The molecule has 1 aliphatic heterocycles. The second kappa shape index (κ2) is 4.39. The lowest BCUT2D eigenvalue weighted by molar-refractivity contribution is -0.619. The van der Waals surface area contributed by atoms with Crippen LogP contribution in [0.2, 0.25) is 0 Å². The molecular formula is C11H12F2N2O4. The zero-order valence-electron chi connectivity index (χ0n) is 9.75. The van der Waals surface area contributed by atoms with Gasteiger partial charge in [0.05, 0.1) is 17.3 Å². The van der Waals surface area contributed by atoms with Crippen LogP contribution in [0.15, 0.2) is 24.3 Å². The van der Waals surface area contributed by atoms with Gasteiger partial charge in [-0.25, -0.2) is 14.5 Å². The SMILES string of the molecule is N[C@@]1([N+](=O)[O-])CC(C(F)(F)CO)c2ccccc2O1. The maximum Gasteiger partial charge on any atom is 0.424 e. The number of aliphatic hydroxyl groups excluding tert-OH is 1. The lowest BCUT2D eigenvalue weighted by atomic mass is 9.85. The fourth-order valence-electron chi connectivity index (χ4n) is 2.09. The van der Waals surface area contributed by atoms with E-state index < -0.39 is 35.6 Å². The third-order valence-corrected chi connectivity index (χ3v) is 3.11. The van der Waals surface area contributed by atoms with Crippen molar-refractivity contribution in [3.05, 3.63) is 39.9 Å². The number of nitrogens with two attached hydrogens (primary N) is 1. The van der Waals surface area contributed by atoms with Crippen molar-refractivity contribution < 1.29 is 23.5 Å². The number of aliphatic hydroxyl groups is 1. The van der Waals surface area contributed by atoms with Gasteiger partial charge in [-0.05, 0) is 6.07 Å². The van der Waals surface area contributed by atoms with E-state index in [-0.39, 0.29) is 11.3 Å². The lowest BCUT2D eigenvalue weighted by Crippen LogP contribution is -2.57. The predicted octanol–water partition coefficient (Wildman–Crippen LogP) is 1.07. The first-order chi connectivity index (χ1) is 8.80. The molecule has 19 heavy (non-hydrogen) atoms. The molecule has 1 aliphatic rings. The van der Waals surface area contributed by atoms with Crippen LogP contribution in [0.5, 0.6) is 5.75 Å². The topological polar surface area (TPSA) is 98.6 Å². The molecule has 0 aliphatic carbocycles. The van der Waals surface area contributed by atoms with Crippen LogP contribution in [0.3, 0.4) is 0 Å². The zero-order valence-corrected chi connectivity index (χ0v) is 9.75. The number of alkyl halides is 2. The van der Waals surface area contributed by atoms with E-state index in [2.05, 4.69) is 0 Å². The van der Waals surface area contributed by atoms with Gasteiger partial charge >= 0.3 is 5.85 Å². The second-order valence-electron chi connectivity index (χ2n) is 4.42. The van der Waals surface area contributed by atoms with E-state index in [1.54, 1.807) is 0 Å². The second-order valence-corrected chi connectivity index (χ2v) is 4.42. The Hall–Kier alpha value is -1.80. The van der Waals surface area contributed by atoms with Crippen molar-refractivity contribution >= 4 is 0 Å². The molecule has 0 spiro atoms. The number of ether oxygens (including phenoxy) is 1. The first-order valence-electron chi connectivity index (χ1n) is 5.50. The van der Waals surface area contributed by atoms with Crippen LogP contribution in [0, 0.1) is 10.1 Å². The van der Waals surface area contributed by atoms with Crippen LogP contribution >= 0.6 is 0 Å². The summed E-state index contributed by atoms with van der Waals surface area (Å²) in [5.41, 5.74) is 5.52. The minimum absolute atomic E-state index is 0.0638. The zero-order chi connectivity index (χ0) is 14.3. The highest BCUT2D eigenvalue weighted by atomic mass is 19.3. The predicted molar refractivity (Wildman–Crippen MR) is 60.4 cm³/mol. The molecule has 1 unspecified atom stereocenters. The standard InChI is InChI=1S/C11H12F2N2O4/c12-10(13,6-16)8-5-11(14,15(17)18)19-9-4-2-1-3-7(8)9/h1-4,8,16H,5-6,14H2/t8?,11-/m1/s1. The molecule has 3 N–H and O–H groups in total. The third-order valence-electron chi connectivity index (χ3n) is 3.11. The monoisotopic (exact) mass is 274 g/mol. The van der Waals surface area contributed by atoms with Crippen molar-refractivity contribution in [2.24, 2.45) is 5.73 Å². The minimum Gasteiger partial charge on any atom is -0.415 e. The van der Waals surface area contributed by atoms with E-state index in [1.165, 1.54) is 24.3 Å². The van der Waals surface area contributed by atoms with Gasteiger partial charge in [0.1, 0.15) is 12.4 Å². The van der Waals surface area contributed by atoms with Crippen molar-refractivity contribution in [1.82, 2.24) is 0 Å². The van der Waals surface area contributed by atoms with E-state index >= 15 is 0 Å². The molecule has 2 atom stereocenters. The summed E-state index contributed by atoms with van der Waals surface area (Å²) >= 11 is 0. The Morgan fingerprint density at radius 3 is 2.79 bits per heavy atom. The molecule has 1 aromatic carbocycles. The number of fused-ring (bicyclic) bond motifs is 1. The number of hydrogen-bond acceptors (Lipinski definition) is 5. The van der Waals surface area contributed by atoms with Crippen LogP contribution in [0.4, 0.5) is 8.78 Å². The number of nitrogens with zero attached hydrogens (tertiary/aromatic N) is 1. The summed E-state index contributed by atoms with van der Waals surface area (Å²) in [4.78, 5) is 9.95. The van der Waals surface area contributed by atoms with Crippen molar-refractivity contribution in [2.45, 2.75) is 24.1 Å². The van der Waals surface area contributed by atoms with E-state index in [1.807, 2.05) is 0 Å². The highest BCUT2D eigenvalue weighted by Gasteiger charge is 2.55. The van der Waals surface area contributed by atoms with Crippen LogP contribution in [0.25, 0.3) is 0 Å². The van der Waals surface area contributed by atoms with Crippen LogP contribution < -0.4 is 10.5 Å². The number of para-hydroxylation sites is 1. The Morgan fingerprint density at radius 1 is 1.58 bits per heavy atom. The van der Waals surface area contributed by atoms with Gasteiger partial charge in [0.25, 0.3) is 5.92 Å². The van der Waals surface area contributed by atoms with Crippen molar-refractivity contribution in [3.63, 3.8) is 0 Å². The summed E-state index contributed by atoms with van der Waals surface area (Å²) in [5, 5.41) is 19.7. The summed E-state index contributed by atoms with van der Waals surface area (Å²) in [7, 11) is 0. The lowest BCUT2D eigenvalue weighted by Gasteiger charge is -2.35. The molecule has 2 rings (SSSR count). The molecule has 0 fully saturated rings. The van der Waals surface area contributed by atoms with Crippen LogP contribution in [0.1, 0.15) is 17.9 Å². The van der Waals surface area contributed by atoms with Gasteiger partial charge in [-0.15, -0.1) is 0 Å². The molecular weight excluding hydrogens is 262 g/mol. The van der Waals surface area contributed by atoms with E-state index in [0.29, 0.717) is 0 Å². The van der Waals surface area contributed by atoms with Crippen LogP contribution in [-0.4, -0.2) is 28.4 Å². The molecule has 1 aromatic rings. The van der Waals surface area contributed by atoms with Crippen molar-refractivity contribution in [2.75, 3.05) is 6.61 Å². The van der Waals surface area contributed by atoms with E-state index in [4.69, 9.17) is 15.6 Å². The first-order valence-corrected chi connectivity index (χ1v) is 5.50. The Morgan fingerprint density at radius 2 is 2.21 bits per heavy atom. The quantitative estimate of drug-likeness (QED) is 0.488. The van der Waals surface area contributed by atoms with Gasteiger partial charge in [0.2, 0.25) is 0 Å². The summed E-state index contributed by atoms with van der Waals surface area (Å²) in [6, 6.07) is 5.72. The third kappa shape index (κ3) is 2.24. The molecule has 6 nitrogen and oxygen atoms in total. The molecule has 1 heterocycles. The molecule has 0 amide bonds. The number of benzene rings is 1. The van der Waals surface area contributed by atoms with Gasteiger partial charge < -0.3 is 9.84 Å². The normalized spacial score (nSPS) is 26.4. The molecule has 0 saturated carbocycles. The number of halogens is 2. The maximum atomic E-state index is 13.7. The fraction of sp³-hybridized carbons (Fsp3) is 0.455. The molecule has 0 aromatic heterocycles. The average molecular weight is 274 g/mol. The van der Waals surface area contributed by atoms with Gasteiger partial charge in [0.15, 0.2) is 0 Å². The smallest absolute Gasteiger partial charge is 0.415 e. The minimum atomic E-state index is -3.51. The van der Waals surface area contributed by atoms with Gasteiger partial charge in [-0.2, -0.15) is 0 Å². The Bertz CT molecular complexity index is 511. The highest BCUT2D eigenvalue weighted by molar-refractivity contribution is 5.40. The van der Waals surface area contributed by atoms with E-state index in [0.717, 1.165) is 0 Å². The fourth-order valence-corrected chi connectivity index (χ4v) is 2.09.